The van der Waals surface area contributed by atoms with E-state index in [2.05, 4.69) is 9.88 Å². The predicted molar refractivity (Wildman–Crippen MR) is 74.6 cm³/mol. The lowest BCUT2D eigenvalue weighted by molar-refractivity contribution is -0.137. The van der Waals surface area contributed by atoms with Crippen molar-refractivity contribution in [2.75, 3.05) is 18.0 Å². The normalized spacial score (nSPS) is 16.1. The van der Waals surface area contributed by atoms with Crippen molar-refractivity contribution in [3.8, 4) is 0 Å². The van der Waals surface area contributed by atoms with Crippen LogP contribution in [0.3, 0.4) is 0 Å². The predicted octanol–water partition coefficient (Wildman–Crippen LogP) is 1.26. The van der Waals surface area contributed by atoms with Crippen molar-refractivity contribution >= 4 is 17.7 Å². The number of carbonyl (C=O) groups excluding carboxylic acids is 1. The molecule has 1 aliphatic heterocycles. The third-order valence-corrected chi connectivity index (χ3v) is 3.73. The molecule has 0 unspecified atom stereocenters. The van der Waals surface area contributed by atoms with E-state index < -0.39 is 11.9 Å². The van der Waals surface area contributed by atoms with Gasteiger partial charge in [-0.3, -0.25) is 9.59 Å². The molecule has 6 heteroatoms. The molecule has 2 heterocycles. The average molecular weight is 277 g/mol. The molecule has 1 saturated heterocycles. The SMILES string of the molecule is NC(=O)c1cccnc1N1CCC(CCC(=O)O)CC1. The highest BCUT2D eigenvalue weighted by atomic mass is 16.4. The van der Waals surface area contributed by atoms with Crippen LogP contribution < -0.4 is 10.6 Å². The maximum Gasteiger partial charge on any atom is 0.303 e. The molecule has 0 aromatic carbocycles. The Labute approximate surface area is 117 Å². The van der Waals surface area contributed by atoms with Gasteiger partial charge in [0.05, 0.1) is 5.56 Å². The van der Waals surface area contributed by atoms with Gasteiger partial charge in [0.2, 0.25) is 0 Å². The van der Waals surface area contributed by atoms with E-state index in [0.717, 1.165) is 25.9 Å². The average Bonchev–Trinajstić information content (AvgIpc) is 2.45. The van der Waals surface area contributed by atoms with Crippen LogP contribution >= 0.6 is 0 Å². The standard InChI is InChI=1S/C14H19N3O3/c15-13(20)11-2-1-7-16-14(11)17-8-5-10(6-9-17)3-4-12(18)19/h1-2,7,10H,3-6,8-9H2,(H2,15,20)(H,18,19). The van der Waals surface area contributed by atoms with Gasteiger partial charge in [0.25, 0.3) is 5.91 Å². The summed E-state index contributed by atoms with van der Waals surface area (Å²) in [4.78, 5) is 28.3. The van der Waals surface area contributed by atoms with Crippen molar-refractivity contribution in [1.29, 1.82) is 0 Å². The Morgan fingerprint density at radius 3 is 2.70 bits per heavy atom. The van der Waals surface area contributed by atoms with Crippen molar-refractivity contribution in [3.05, 3.63) is 23.9 Å². The minimum Gasteiger partial charge on any atom is -0.481 e. The lowest BCUT2D eigenvalue weighted by atomic mass is 9.92. The van der Waals surface area contributed by atoms with Crippen molar-refractivity contribution in [2.45, 2.75) is 25.7 Å². The summed E-state index contributed by atoms with van der Waals surface area (Å²) in [6.45, 7) is 1.56. The topological polar surface area (TPSA) is 96.5 Å². The van der Waals surface area contributed by atoms with Crippen LogP contribution in [0.5, 0.6) is 0 Å². The third-order valence-electron chi connectivity index (χ3n) is 3.73. The Morgan fingerprint density at radius 2 is 2.10 bits per heavy atom. The van der Waals surface area contributed by atoms with E-state index >= 15 is 0 Å². The van der Waals surface area contributed by atoms with Crippen LogP contribution in [0.4, 0.5) is 5.82 Å². The zero-order valence-corrected chi connectivity index (χ0v) is 11.3. The number of carboxylic acid groups (broad SMARTS) is 1. The van der Waals surface area contributed by atoms with E-state index in [9.17, 15) is 9.59 Å². The number of hydrogen-bond donors (Lipinski definition) is 2. The number of anilines is 1. The molecule has 0 atom stereocenters. The number of rotatable bonds is 5. The fourth-order valence-electron chi connectivity index (χ4n) is 2.60. The smallest absolute Gasteiger partial charge is 0.303 e. The lowest BCUT2D eigenvalue weighted by Gasteiger charge is -2.33. The maximum absolute atomic E-state index is 11.4. The van der Waals surface area contributed by atoms with Gasteiger partial charge in [-0.2, -0.15) is 0 Å². The summed E-state index contributed by atoms with van der Waals surface area (Å²) in [6.07, 6.45) is 4.43. The number of aliphatic carboxylic acids is 1. The van der Waals surface area contributed by atoms with Crippen molar-refractivity contribution in [1.82, 2.24) is 4.98 Å². The monoisotopic (exact) mass is 277 g/mol. The summed E-state index contributed by atoms with van der Waals surface area (Å²) in [5.41, 5.74) is 5.80. The van der Waals surface area contributed by atoms with Crippen LogP contribution in [0.15, 0.2) is 18.3 Å². The second kappa shape index (κ2) is 6.36. The molecule has 1 fully saturated rings. The summed E-state index contributed by atoms with van der Waals surface area (Å²) in [6, 6.07) is 3.38. The van der Waals surface area contributed by atoms with Gasteiger partial charge in [-0.1, -0.05) is 0 Å². The maximum atomic E-state index is 11.4. The van der Waals surface area contributed by atoms with Crippen molar-refractivity contribution in [3.63, 3.8) is 0 Å². The number of primary amides is 1. The zero-order chi connectivity index (χ0) is 14.5. The number of amides is 1. The molecule has 0 saturated carbocycles. The van der Waals surface area contributed by atoms with Crippen LogP contribution in [0.2, 0.25) is 0 Å². The molecule has 108 valence electrons. The fraction of sp³-hybridized carbons (Fsp3) is 0.500. The summed E-state index contributed by atoms with van der Waals surface area (Å²) < 4.78 is 0. The largest absolute Gasteiger partial charge is 0.481 e. The lowest BCUT2D eigenvalue weighted by Crippen LogP contribution is -2.35. The van der Waals surface area contributed by atoms with E-state index in [1.54, 1.807) is 18.3 Å². The molecule has 0 bridgehead atoms. The second-order valence-corrected chi connectivity index (χ2v) is 5.10. The highest BCUT2D eigenvalue weighted by Crippen LogP contribution is 2.26. The third kappa shape index (κ3) is 3.46. The van der Waals surface area contributed by atoms with Gasteiger partial charge in [-0.05, 0) is 37.3 Å². The summed E-state index contributed by atoms with van der Waals surface area (Å²) >= 11 is 0. The Morgan fingerprint density at radius 1 is 1.40 bits per heavy atom. The van der Waals surface area contributed by atoms with E-state index in [4.69, 9.17) is 10.8 Å². The van der Waals surface area contributed by atoms with Crippen LogP contribution in [0, 0.1) is 5.92 Å². The van der Waals surface area contributed by atoms with E-state index in [1.165, 1.54) is 0 Å². The first-order valence-corrected chi connectivity index (χ1v) is 6.79. The highest BCUT2D eigenvalue weighted by Gasteiger charge is 2.23. The number of carbonyl (C=O) groups is 2. The first-order chi connectivity index (χ1) is 9.58. The van der Waals surface area contributed by atoms with E-state index in [1.807, 2.05) is 0 Å². The molecule has 2 rings (SSSR count). The molecule has 1 aromatic heterocycles. The molecule has 20 heavy (non-hydrogen) atoms. The van der Waals surface area contributed by atoms with Gasteiger partial charge in [0.1, 0.15) is 5.82 Å². The number of aromatic nitrogens is 1. The fourth-order valence-corrected chi connectivity index (χ4v) is 2.60. The first kappa shape index (κ1) is 14.3. The van der Waals surface area contributed by atoms with Crippen molar-refractivity contribution < 1.29 is 14.7 Å². The van der Waals surface area contributed by atoms with Crippen molar-refractivity contribution in [2.24, 2.45) is 11.7 Å². The molecular formula is C14H19N3O3. The van der Waals surface area contributed by atoms with E-state index in [-0.39, 0.29) is 6.42 Å². The molecule has 1 aliphatic rings. The summed E-state index contributed by atoms with van der Waals surface area (Å²) in [5, 5.41) is 8.70. The van der Waals surface area contributed by atoms with Gasteiger partial charge < -0.3 is 15.7 Å². The quantitative estimate of drug-likeness (QED) is 0.844. The number of carboxylic acids is 1. The van der Waals surface area contributed by atoms with Crippen LogP contribution in [-0.4, -0.2) is 35.1 Å². The van der Waals surface area contributed by atoms with Gasteiger partial charge in [0.15, 0.2) is 0 Å². The van der Waals surface area contributed by atoms with Crippen LogP contribution in [0.1, 0.15) is 36.0 Å². The van der Waals surface area contributed by atoms with Gasteiger partial charge in [0, 0.05) is 25.7 Å². The summed E-state index contributed by atoms with van der Waals surface area (Å²) in [7, 11) is 0. The number of hydrogen-bond acceptors (Lipinski definition) is 4. The second-order valence-electron chi connectivity index (χ2n) is 5.10. The number of pyridine rings is 1. The minimum atomic E-state index is -0.742. The minimum absolute atomic E-state index is 0.223. The first-order valence-electron chi connectivity index (χ1n) is 6.79. The van der Waals surface area contributed by atoms with Gasteiger partial charge >= 0.3 is 5.97 Å². The molecular weight excluding hydrogens is 258 g/mol. The molecule has 6 nitrogen and oxygen atoms in total. The molecule has 0 radical (unpaired) electrons. The molecule has 0 spiro atoms. The van der Waals surface area contributed by atoms with Crippen LogP contribution in [0.25, 0.3) is 0 Å². The van der Waals surface area contributed by atoms with Gasteiger partial charge in [-0.15, -0.1) is 0 Å². The molecule has 1 amide bonds. The van der Waals surface area contributed by atoms with Crippen LogP contribution in [-0.2, 0) is 4.79 Å². The zero-order valence-electron chi connectivity index (χ0n) is 11.3. The Kier molecular flexibility index (Phi) is 4.55. The summed E-state index contributed by atoms with van der Waals surface area (Å²) in [5.74, 6) is -0.144. The highest BCUT2D eigenvalue weighted by molar-refractivity contribution is 5.97. The molecule has 0 aliphatic carbocycles. The van der Waals surface area contributed by atoms with E-state index in [0.29, 0.717) is 23.7 Å². The number of piperidine rings is 1. The van der Waals surface area contributed by atoms with Gasteiger partial charge in [-0.25, -0.2) is 4.98 Å². The molecule has 1 aromatic rings. The number of nitrogens with zero attached hydrogens (tertiary/aromatic N) is 2. The Balaban J connectivity index is 1.97. The Bertz CT molecular complexity index is 496. The number of nitrogens with two attached hydrogens (primary N) is 1. The Hall–Kier alpha value is -2.11. The molecule has 3 N–H and O–H groups in total.